The smallest absolute Gasteiger partial charge is 0.264 e. The van der Waals surface area contributed by atoms with E-state index in [9.17, 15) is 18.0 Å². The van der Waals surface area contributed by atoms with Crippen molar-refractivity contribution in [1.82, 2.24) is 10.2 Å². The minimum Gasteiger partial charge on any atom is -0.497 e. The first-order valence-corrected chi connectivity index (χ1v) is 16.1. The second-order valence-corrected chi connectivity index (χ2v) is 12.6. The molecule has 4 aromatic carbocycles. The van der Waals surface area contributed by atoms with Crippen LogP contribution >= 0.6 is 23.2 Å². The highest BCUT2D eigenvalue weighted by molar-refractivity contribution is 7.92. The van der Waals surface area contributed by atoms with Crippen LogP contribution in [0.2, 0.25) is 10.0 Å². The molecule has 0 radical (unpaired) electrons. The van der Waals surface area contributed by atoms with Crippen molar-refractivity contribution in [3.63, 3.8) is 0 Å². The lowest BCUT2D eigenvalue weighted by Crippen LogP contribution is -2.53. The molecule has 0 aliphatic rings. The number of nitrogens with one attached hydrogen (secondary N) is 1. The normalized spacial score (nSPS) is 11.8. The molecule has 8 nitrogen and oxygen atoms in total. The molecule has 44 heavy (non-hydrogen) atoms. The molecule has 0 spiro atoms. The van der Waals surface area contributed by atoms with Crippen molar-refractivity contribution >= 4 is 50.7 Å². The summed E-state index contributed by atoms with van der Waals surface area (Å²) < 4.78 is 34.4. The Morgan fingerprint density at radius 2 is 1.52 bits per heavy atom. The number of carbonyl (C=O) groups excluding carboxylic acids is 2. The number of hydrogen-bond donors (Lipinski definition) is 1. The van der Waals surface area contributed by atoms with Gasteiger partial charge in [-0.3, -0.25) is 13.9 Å². The number of carbonyl (C=O) groups is 2. The number of likely N-dealkylation sites (N-methyl/N-ethyl adjacent to an activating group) is 1. The van der Waals surface area contributed by atoms with Crippen LogP contribution in [0.5, 0.6) is 5.75 Å². The second kappa shape index (κ2) is 15.1. The van der Waals surface area contributed by atoms with Crippen LogP contribution in [0.3, 0.4) is 0 Å². The zero-order valence-corrected chi connectivity index (χ0v) is 26.6. The fraction of sp³-hybridized carbons (Fsp3) is 0.212. The molecule has 4 aromatic rings. The Labute approximate surface area is 268 Å². The molecule has 0 aromatic heterocycles. The van der Waals surface area contributed by atoms with E-state index in [0.717, 1.165) is 9.87 Å². The molecule has 0 heterocycles. The van der Waals surface area contributed by atoms with Gasteiger partial charge >= 0.3 is 0 Å². The number of hydrogen-bond acceptors (Lipinski definition) is 5. The summed E-state index contributed by atoms with van der Waals surface area (Å²) >= 11 is 12.6. The highest BCUT2D eigenvalue weighted by atomic mass is 35.5. The van der Waals surface area contributed by atoms with Crippen LogP contribution in [0, 0.1) is 0 Å². The van der Waals surface area contributed by atoms with Crippen LogP contribution < -0.4 is 14.4 Å². The minimum absolute atomic E-state index is 0.0121. The van der Waals surface area contributed by atoms with Gasteiger partial charge in [-0.2, -0.15) is 0 Å². The van der Waals surface area contributed by atoms with Crippen LogP contribution in [0.4, 0.5) is 5.69 Å². The Bertz CT molecular complexity index is 1690. The van der Waals surface area contributed by atoms with Crippen LogP contribution in [-0.2, 0) is 32.6 Å². The second-order valence-electron chi connectivity index (χ2n) is 9.89. The van der Waals surface area contributed by atoms with Gasteiger partial charge in [0.25, 0.3) is 10.0 Å². The summed E-state index contributed by atoms with van der Waals surface area (Å²) in [5.41, 5.74) is 1.61. The van der Waals surface area contributed by atoms with Gasteiger partial charge in [-0.25, -0.2) is 8.42 Å². The molecule has 0 saturated heterocycles. The van der Waals surface area contributed by atoms with Crippen molar-refractivity contribution in [2.75, 3.05) is 24.5 Å². The molecule has 1 atom stereocenters. The van der Waals surface area contributed by atoms with Crippen molar-refractivity contribution in [2.24, 2.45) is 0 Å². The molecular formula is C33H33Cl2N3O5S. The Morgan fingerprint density at radius 3 is 2.16 bits per heavy atom. The standard InChI is InChI=1S/C33H33Cl2N3O5S/c1-3-36-33(40)31(20-24-11-6-4-7-12-24)37(22-25-13-10-14-27(19-25)43-2)32(39)23-38(30-18-17-26(34)21-29(30)35)44(41,42)28-15-8-5-9-16-28/h4-19,21,31H,3,20,22-23H2,1-2H3,(H,36,40)/t31-/m1/s1. The third-order valence-corrected chi connectivity index (χ3v) is 9.21. The lowest BCUT2D eigenvalue weighted by atomic mass is 10.0. The van der Waals surface area contributed by atoms with Gasteiger partial charge in [-0.15, -0.1) is 0 Å². The van der Waals surface area contributed by atoms with Crippen LogP contribution in [-0.4, -0.2) is 51.4 Å². The number of amides is 2. The summed E-state index contributed by atoms with van der Waals surface area (Å²) in [6.45, 7) is 1.52. The maximum Gasteiger partial charge on any atom is 0.264 e. The molecular weight excluding hydrogens is 621 g/mol. The largest absolute Gasteiger partial charge is 0.497 e. The van der Waals surface area contributed by atoms with Gasteiger partial charge < -0.3 is 15.0 Å². The number of anilines is 1. The quantitative estimate of drug-likeness (QED) is 0.192. The van der Waals surface area contributed by atoms with E-state index in [4.69, 9.17) is 27.9 Å². The predicted octanol–water partition coefficient (Wildman–Crippen LogP) is 5.97. The molecule has 0 aliphatic carbocycles. The molecule has 230 valence electrons. The predicted molar refractivity (Wildman–Crippen MR) is 174 cm³/mol. The van der Waals surface area contributed by atoms with E-state index in [1.54, 1.807) is 43.3 Å². The summed E-state index contributed by atoms with van der Waals surface area (Å²) in [5.74, 6) is -0.395. The Morgan fingerprint density at radius 1 is 0.864 bits per heavy atom. The number of methoxy groups -OCH3 is 1. The average Bonchev–Trinajstić information content (AvgIpc) is 3.03. The zero-order chi connectivity index (χ0) is 31.7. The van der Waals surface area contributed by atoms with Crippen LogP contribution in [0.1, 0.15) is 18.1 Å². The molecule has 0 bridgehead atoms. The Hall–Kier alpha value is -4.05. The molecule has 0 unspecified atom stereocenters. The molecule has 1 N–H and O–H groups in total. The van der Waals surface area contributed by atoms with Gasteiger partial charge in [0, 0.05) is 24.5 Å². The Balaban J connectivity index is 1.82. The molecule has 0 fully saturated rings. The number of nitrogens with zero attached hydrogens (tertiary/aromatic N) is 2. The highest BCUT2D eigenvalue weighted by Crippen LogP contribution is 2.33. The van der Waals surface area contributed by atoms with E-state index in [1.807, 2.05) is 36.4 Å². The van der Waals surface area contributed by atoms with Gasteiger partial charge in [-0.1, -0.05) is 83.9 Å². The van der Waals surface area contributed by atoms with Gasteiger partial charge in [0.15, 0.2) is 0 Å². The summed E-state index contributed by atoms with van der Waals surface area (Å²) in [6.07, 6.45) is 0.204. The minimum atomic E-state index is -4.28. The van der Waals surface area contributed by atoms with Crippen molar-refractivity contribution in [3.05, 3.63) is 124 Å². The summed E-state index contributed by atoms with van der Waals surface area (Å²) in [6, 6.07) is 27.7. The summed E-state index contributed by atoms with van der Waals surface area (Å²) in [4.78, 5) is 29.4. The van der Waals surface area contributed by atoms with Crippen LogP contribution in [0.15, 0.2) is 108 Å². The third kappa shape index (κ3) is 8.11. The van der Waals surface area contributed by atoms with Gasteiger partial charge in [-0.05, 0) is 60.5 Å². The number of rotatable bonds is 13. The van der Waals surface area contributed by atoms with Crippen molar-refractivity contribution in [2.45, 2.75) is 30.8 Å². The first kappa shape index (κ1) is 32.9. The van der Waals surface area contributed by atoms with E-state index in [1.165, 1.54) is 42.3 Å². The molecule has 4 rings (SSSR count). The van der Waals surface area contributed by atoms with Crippen molar-refractivity contribution < 1.29 is 22.7 Å². The van der Waals surface area contributed by atoms with Gasteiger partial charge in [0.2, 0.25) is 11.8 Å². The zero-order valence-electron chi connectivity index (χ0n) is 24.3. The molecule has 2 amide bonds. The number of halogens is 2. The number of benzene rings is 4. The Kier molecular flexibility index (Phi) is 11.3. The maximum atomic E-state index is 14.4. The fourth-order valence-corrected chi connectivity index (χ4v) is 6.74. The van der Waals surface area contributed by atoms with Crippen molar-refractivity contribution in [3.8, 4) is 5.75 Å². The third-order valence-electron chi connectivity index (χ3n) is 6.90. The topological polar surface area (TPSA) is 96.0 Å². The first-order valence-electron chi connectivity index (χ1n) is 13.9. The van der Waals surface area contributed by atoms with E-state index in [0.29, 0.717) is 22.9 Å². The number of sulfonamides is 1. The first-order chi connectivity index (χ1) is 21.1. The van der Waals surface area contributed by atoms with Crippen molar-refractivity contribution in [1.29, 1.82) is 0 Å². The van der Waals surface area contributed by atoms with E-state index in [-0.39, 0.29) is 34.5 Å². The summed E-state index contributed by atoms with van der Waals surface area (Å²) in [5, 5.41) is 3.20. The molecule has 0 saturated carbocycles. The van der Waals surface area contributed by atoms with Gasteiger partial charge in [0.05, 0.1) is 22.7 Å². The lowest BCUT2D eigenvalue weighted by Gasteiger charge is -2.34. The van der Waals surface area contributed by atoms with E-state index in [2.05, 4.69) is 5.32 Å². The highest BCUT2D eigenvalue weighted by Gasteiger charge is 2.35. The monoisotopic (exact) mass is 653 g/mol. The number of ether oxygens (including phenoxy) is 1. The molecule has 11 heteroatoms. The van der Waals surface area contributed by atoms with E-state index >= 15 is 0 Å². The average molecular weight is 655 g/mol. The van der Waals surface area contributed by atoms with E-state index < -0.39 is 28.5 Å². The summed E-state index contributed by atoms with van der Waals surface area (Å²) in [7, 11) is -2.74. The van der Waals surface area contributed by atoms with Gasteiger partial charge in [0.1, 0.15) is 18.3 Å². The van der Waals surface area contributed by atoms with Crippen LogP contribution in [0.25, 0.3) is 0 Å². The maximum absolute atomic E-state index is 14.4. The fourth-order valence-electron chi connectivity index (χ4n) is 4.73. The molecule has 0 aliphatic heterocycles. The lowest BCUT2D eigenvalue weighted by molar-refractivity contribution is -0.140. The SMILES string of the molecule is CCNC(=O)[C@@H](Cc1ccccc1)N(Cc1cccc(OC)c1)C(=O)CN(c1ccc(Cl)cc1Cl)S(=O)(=O)c1ccccc1.